The van der Waals surface area contributed by atoms with Crippen molar-refractivity contribution in [2.75, 3.05) is 6.54 Å². The van der Waals surface area contributed by atoms with Crippen molar-refractivity contribution in [3.05, 3.63) is 39.9 Å². The Hall–Kier alpha value is -2.28. The third-order valence-corrected chi connectivity index (χ3v) is 1.67. The molecule has 84 valence electrons. The van der Waals surface area contributed by atoms with Gasteiger partial charge in [0.15, 0.2) is 0 Å². The average molecular weight is 224 g/mol. The molecule has 1 rings (SSSR count). The fraction of sp³-hybridized carbons (Fsp3) is 0.111. The third-order valence-electron chi connectivity index (χ3n) is 1.67. The Morgan fingerprint density at radius 2 is 2.12 bits per heavy atom. The third kappa shape index (κ3) is 2.85. The van der Waals surface area contributed by atoms with Crippen LogP contribution in [-0.4, -0.2) is 23.4 Å². The number of benzene rings is 1. The van der Waals surface area contributed by atoms with Crippen LogP contribution in [0.3, 0.4) is 0 Å². The van der Waals surface area contributed by atoms with Gasteiger partial charge in [-0.2, -0.15) is 0 Å². The molecule has 0 saturated carbocycles. The lowest BCUT2D eigenvalue weighted by molar-refractivity contribution is -0.384. The Balaban J connectivity index is 2.88. The summed E-state index contributed by atoms with van der Waals surface area (Å²) in [6, 6.07) is 4.87. The number of non-ortho nitro benzene ring substituents is 1. The quantitative estimate of drug-likeness (QED) is 0.340. The van der Waals surface area contributed by atoms with Crippen LogP contribution in [-0.2, 0) is 9.53 Å². The number of carbonyl (C=O) groups excluding carboxylic acids is 2. The van der Waals surface area contributed by atoms with Gasteiger partial charge in [0.1, 0.15) is 0 Å². The normalized spacial score (nSPS) is 9.56. The lowest BCUT2D eigenvalue weighted by Gasteiger charge is -2.00. The summed E-state index contributed by atoms with van der Waals surface area (Å²) < 4.78 is 4.29. The molecule has 0 atom stereocenters. The maximum atomic E-state index is 11.3. The SMILES string of the molecule is NCC(=O)OC(=O)c1cccc([N+](=O)[O-])c1. The highest BCUT2D eigenvalue weighted by atomic mass is 16.6. The van der Waals surface area contributed by atoms with Gasteiger partial charge in [-0.3, -0.25) is 14.9 Å². The van der Waals surface area contributed by atoms with Crippen molar-refractivity contribution in [2.24, 2.45) is 5.73 Å². The van der Waals surface area contributed by atoms with Crippen molar-refractivity contribution in [1.29, 1.82) is 0 Å². The van der Waals surface area contributed by atoms with Crippen molar-refractivity contribution in [3.63, 3.8) is 0 Å². The van der Waals surface area contributed by atoms with E-state index in [0.717, 1.165) is 6.07 Å². The molecular weight excluding hydrogens is 216 g/mol. The van der Waals surface area contributed by atoms with Crippen LogP contribution in [0.25, 0.3) is 0 Å². The molecule has 1 aromatic carbocycles. The number of nitrogens with zero attached hydrogens (tertiary/aromatic N) is 1. The van der Waals surface area contributed by atoms with Crippen LogP contribution in [0.5, 0.6) is 0 Å². The molecule has 0 bridgehead atoms. The highest BCUT2D eigenvalue weighted by Crippen LogP contribution is 2.13. The molecule has 16 heavy (non-hydrogen) atoms. The lowest BCUT2D eigenvalue weighted by Crippen LogP contribution is -2.20. The molecule has 0 unspecified atom stereocenters. The van der Waals surface area contributed by atoms with E-state index in [1.54, 1.807) is 0 Å². The lowest BCUT2D eigenvalue weighted by atomic mass is 10.2. The van der Waals surface area contributed by atoms with E-state index in [1.165, 1.54) is 18.2 Å². The predicted octanol–water partition coefficient (Wildman–Crippen LogP) is 0.237. The average Bonchev–Trinajstić information content (AvgIpc) is 2.28. The molecule has 0 aliphatic carbocycles. The number of ether oxygens (including phenoxy) is 1. The molecular formula is C9H8N2O5. The van der Waals surface area contributed by atoms with Crippen molar-refractivity contribution < 1.29 is 19.2 Å². The maximum absolute atomic E-state index is 11.3. The van der Waals surface area contributed by atoms with Gasteiger partial charge >= 0.3 is 11.9 Å². The zero-order valence-corrected chi connectivity index (χ0v) is 8.08. The highest BCUT2D eigenvalue weighted by Gasteiger charge is 2.14. The number of nitro groups is 1. The molecule has 1 aromatic rings. The zero-order chi connectivity index (χ0) is 12.1. The first kappa shape index (κ1) is 11.8. The largest absolute Gasteiger partial charge is 0.388 e. The van der Waals surface area contributed by atoms with E-state index in [4.69, 9.17) is 5.73 Å². The molecule has 7 nitrogen and oxygen atoms in total. The maximum Gasteiger partial charge on any atom is 0.346 e. The fourth-order valence-corrected chi connectivity index (χ4v) is 0.950. The Morgan fingerprint density at radius 3 is 2.69 bits per heavy atom. The topological polar surface area (TPSA) is 113 Å². The number of nitrogens with two attached hydrogens (primary N) is 1. The molecule has 0 aromatic heterocycles. The second kappa shape index (κ2) is 4.99. The second-order valence-corrected chi connectivity index (χ2v) is 2.77. The molecule has 0 heterocycles. The zero-order valence-electron chi connectivity index (χ0n) is 8.08. The van der Waals surface area contributed by atoms with Gasteiger partial charge in [0, 0.05) is 12.1 Å². The Morgan fingerprint density at radius 1 is 1.44 bits per heavy atom. The van der Waals surface area contributed by atoms with Crippen LogP contribution in [0, 0.1) is 10.1 Å². The smallest absolute Gasteiger partial charge is 0.346 e. The summed E-state index contributed by atoms with van der Waals surface area (Å²) in [7, 11) is 0. The van der Waals surface area contributed by atoms with Crippen molar-refractivity contribution in [2.45, 2.75) is 0 Å². The van der Waals surface area contributed by atoms with Crippen LogP contribution in [0.2, 0.25) is 0 Å². The number of hydrogen-bond acceptors (Lipinski definition) is 6. The van der Waals surface area contributed by atoms with Crippen molar-refractivity contribution in [3.8, 4) is 0 Å². The molecule has 2 N–H and O–H groups in total. The first-order chi connectivity index (χ1) is 7.54. The van der Waals surface area contributed by atoms with Gasteiger partial charge in [0.2, 0.25) is 0 Å². The van der Waals surface area contributed by atoms with E-state index in [1.807, 2.05) is 0 Å². The van der Waals surface area contributed by atoms with E-state index in [0.29, 0.717) is 0 Å². The van der Waals surface area contributed by atoms with Gasteiger partial charge in [-0.15, -0.1) is 0 Å². The van der Waals surface area contributed by atoms with Crippen LogP contribution >= 0.6 is 0 Å². The number of hydrogen-bond donors (Lipinski definition) is 1. The predicted molar refractivity (Wildman–Crippen MR) is 52.6 cm³/mol. The van der Waals surface area contributed by atoms with Gasteiger partial charge in [0.05, 0.1) is 17.0 Å². The number of nitro benzene ring substituents is 1. The fourth-order valence-electron chi connectivity index (χ4n) is 0.950. The first-order valence-electron chi connectivity index (χ1n) is 4.24. The Labute approximate surface area is 90.0 Å². The standard InChI is InChI=1S/C9H8N2O5/c10-5-8(12)16-9(13)6-2-1-3-7(4-6)11(14)15/h1-4H,5,10H2. The van der Waals surface area contributed by atoms with E-state index < -0.39 is 23.4 Å². The summed E-state index contributed by atoms with van der Waals surface area (Å²) >= 11 is 0. The van der Waals surface area contributed by atoms with Crippen LogP contribution in [0.15, 0.2) is 24.3 Å². The van der Waals surface area contributed by atoms with E-state index in [9.17, 15) is 19.7 Å². The minimum Gasteiger partial charge on any atom is -0.388 e. The molecule has 0 fully saturated rings. The minimum atomic E-state index is -0.959. The summed E-state index contributed by atoms with van der Waals surface area (Å²) in [5.74, 6) is -1.85. The number of esters is 2. The van der Waals surface area contributed by atoms with Gasteiger partial charge in [-0.1, -0.05) is 6.07 Å². The molecule has 0 spiro atoms. The van der Waals surface area contributed by atoms with E-state index in [2.05, 4.69) is 4.74 Å². The highest BCUT2D eigenvalue weighted by molar-refractivity contribution is 5.97. The molecule has 0 amide bonds. The molecule has 0 radical (unpaired) electrons. The van der Waals surface area contributed by atoms with Gasteiger partial charge in [0.25, 0.3) is 5.69 Å². The van der Waals surface area contributed by atoms with E-state index >= 15 is 0 Å². The summed E-state index contributed by atoms with van der Waals surface area (Å²) in [5, 5.41) is 10.4. The molecule has 0 aliphatic heterocycles. The number of carbonyl (C=O) groups is 2. The summed E-state index contributed by atoms with van der Waals surface area (Å²) in [5.41, 5.74) is 4.61. The molecule has 7 heteroatoms. The minimum absolute atomic E-state index is 0.0731. The van der Waals surface area contributed by atoms with Gasteiger partial charge in [-0.25, -0.2) is 4.79 Å². The second-order valence-electron chi connectivity index (χ2n) is 2.77. The molecule has 0 saturated heterocycles. The van der Waals surface area contributed by atoms with Crippen molar-refractivity contribution >= 4 is 17.6 Å². The first-order valence-corrected chi connectivity index (χ1v) is 4.24. The van der Waals surface area contributed by atoms with E-state index in [-0.39, 0.29) is 11.3 Å². The van der Waals surface area contributed by atoms with Crippen LogP contribution < -0.4 is 5.73 Å². The van der Waals surface area contributed by atoms with Gasteiger partial charge in [-0.05, 0) is 6.07 Å². The Kier molecular flexibility index (Phi) is 3.67. The van der Waals surface area contributed by atoms with Gasteiger partial charge < -0.3 is 10.5 Å². The summed E-state index contributed by atoms with van der Waals surface area (Å²) in [6.07, 6.45) is 0. The van der Waals surface area contributed by atoms with Crippen molar-refractivity contribution in [1.82, 2.24) is 0 Å². The summed E-state index contributed by atoms with van der Waals surface area (Å²) in [4.78, 5) is 31.7. The number of rotatable bonds is 3. The monoisotopic (exact) mass is 224 g/mol. The molecule has 0 aliphatic rings. The van der Waals surface area contributed by atoms with Crippen LogP contribution in [0.1, 0.15) is 10.4 Å². The summed E-state index contributed by atoms with van der Waals surface area (Å²) in [6.45, 7) is -0.430. The van der Waals surface area contributed by atoms with Crippen LogP contribution in [0.4, 0.5) is 5.69 Å². The Bertz CT molecular complexity index is 443.